The van der Waals surface area contributed by atoms with Gasteiger partial charge in [0.2, 0.25) is 0 Å². The predicted molar refractivity (Wildman–Crippen MR) is 58.3 cm³/mol. The third-order valence-corrected chi connectivity index (χ3v) is 3.13. The summed E-state index contributed by atoms with van der Waals surface area (Å²) in [5.74, 6) is -1.54. The van der Waals surface area contributed by atoms with Gasteiger partial charge in [0.05, 0.1) is 12.5 Å². The summed E-state index contributed by atoms with van der Waals surface area (Å²) in [6.07, 6.45) is 2.03. The monoisotopic (exact) mass is 226 g/mol. The highest BCUT2D eigenvalue weighted by Crippen LogP contribution is 2.25. The molecule has 0 saturated heterocycles. The van der Waals surface area contributed by atoms with Crippen molar-refractivity contribution in [3.8, 4) is 0 Å². The Morgan fingerprint density at radius 1 is 1.38 bits per heavy atom. The maximum absolute atomic E-state index is 12.1. The van der Waals surface area contributed by atoms with Gasteiger partial charge in [0.1, 0.15) is 5.78 Å². The summed E-state index contributed by atoms with van der Waals surface area (Å²) in [6.45, 7) is 4.36. The van der Waals surface area contributed by atoms with Crippen LogP contribution in [0.2, 0.25) is 0 Å². The molecule has 1 aliphatic rings. The van der Waals surface area contributed by atoms with Crippen molar-refractivity contribution in [2.24, 2.45) is 22.1 Å². The molecule has 1 rings (SSSR count). The van der Waals surface area contributed by atoms with Crippen molar-refractivity contribution >= 4 is 11.8 Å². The minimum absolute atomic E-state index is 0.0380. The number of carbonyl (C=O) groups excluding carboxylic acids is 1. The number of carboxylic acid groups (broad SMARTS) is 1. The number of nitrogens with zero attached hydrogens (tertiary/aromatic N) is 2. The van der Waals surface area contributed by atoms with Crippen molar-refractivity contribution < 1.29 is 14.7 Å². The molecule has 2 unspecified atom stereocenters. The lowest BCUT2D eigenvalue weighted by molar-refractivity contribution is -0.144. The molecule has 0 aliphatic carbocycles. The van der Waals surface area contributed by atoms with E-state index in [1.165, 1.54) is 0 Å². The van der Waals surface area contributed by atoms with Crippen LogP contribution in [0.5, 0.6) is 0 Å². The zero-order valence-corrected chi connectivity index (χ0v) is 9.72. The molecule has 0 spiro atoms. The Kier molecular flexibility index (Phi) is 4.58. The molecule has 5 nitrogen and oxygen atoms in total. The Balaban J connectivity index is 2.80. The summed E-state index contributed by atoms with van der Waals surface area (Å²) < 4.78 is 0. The molecule has 0 bridgehead atoms. The maximum Gasteiger partial charge on any atom is 0.331 e. The van der Waals surface area contributed by atoms with Crippen LogP contribution in [0, 0.1) is 11.8 Å². The molecule has 1 aliphatic heterocycles. The normalized spacial score (nSPS) is 24.7. The van der Waals surface area contributed by atoms with Gasteiger partial charge >= 0.3 is 5.97 Å². The van der Waals surface area contributed by atoms with Crippen molar-refractivity contribution in [2.75, 3.05) is 6.54 Å². The maximum atomic E-state index is 12.1. The van der Waals surface area contributed by atoms with Crippen LogP contribution in [0.4, 0.5) is 0 Å². The van der Waals surface area contributed by atoms with Gasteiger partial charge in [0.15, 0.2) is 6.04 Å². The molecule has 2 atom stereocenters. The Hall–Kier alpha value is -1.26. The number of carbonyl (C=O) groups is 2. The first-order valence-electron chi connectivity index (χ1n) is 5.74. The number of hydrogen-bond donors (Lipinski definition) is 1. The van der Waals surface area contributed by atoms with Crippen LogP contribution in [0.25, 0.3) is 0 Å². The van der Waals surface area contributed by atoms with E-state index in [0.29, 0.717) is 13.0 Å². The largest absolute Gasteiger partial charge is 0.480 e. The van der Waals surface area contributed by atoms with Crippen molar-refractivity contribution in [2.45, 2.75) is 39.2 Å². The number of carboxylic acids is 1. The van der Waals surface area contributed by atoms with Crippen molar-refractivity contribution in [1.82, 2.24) is 0 Å². The molecular formula is C11H18N2O3. The summed E-state index contributed by atoms with van der Waals surface area (Å²) in [6, 6.07) is -0.971. The van der Waals surface area contributed by atoms with E-state index in [9.17, 15) is 9.59 Å². The van der Waals surface area contributed by atoms with E-state index in [2.05, 4.69) is 10.2 Å². The van der Waals surface area contributed by atoms with Gasteiger partial charge < -0.3 is 5.11 Å². The van der Waals surface area contributed by atoms with E-state index in [4.69, 9.17) is 5.11 Å². The SMILES string of the molecule is CCC(CC)C(=O)C1CCN=NC1C(=O)O. The third kappa shape index (κ3) is 2.65. The second kappa shape index (κ2) is 5.72. The Morgan fingerprint density at radius 3 is 2.50 bits per heavy atom. The topological polar surface area (TPSA) is 79.1 Å². The standard InChI is InChI=1S/C11H18N2O3/c1-3-7(4-2)10(14)8-5-6-12-13-9(8)11(15)16/h7-9H,3-6H2,1-2H3,(H,15,16). The Bertz CT molecular complexity index is 298. The minimum atomic E-state index is -1.05. The molecule has 90 valence electrons. The minimum Gasteiger partial charge on any atom is -0.480 e. The number of azo groups is 1. The van der Waals surface area contributed by atoms with E-state index in [1.807, 2.05) is 13.8 Å². The summed E-state index contributed by atoms with van der Waals surface area (Å²) in [5, 5.41) is 16.4. The fourth-order valence-corrected chi connectivity index (χ4v) is 2.09. The first kappa shape index (κ1) is 12.8. The summed E-state index contributed by atoms with van der Waals surface area (Å²) in [7, 11) is 0. The highest BCUT2D eigenvalue weighted by atomic mass is 16.4. The predicted octanol–water partition coefficient (Wildman–Crippen LogP) is 1.92. The number of hydrogen-bond acceptors (Lipinski definition) is 4. The second-order valence-corrected chi connectivity index (χ2v) is 4.07. The van der Waals surface area contributed by atoms with E-state index in [1.54, 1.807) is 0 Å². The van der Waals surface area contributed by atoms with E-state index in [0.717, 1.165) is 12.8 Å². The highest BCUT2D eigenvalue weighted by molar-refractivity contribution is 5.89. The molecule has 0 aromatic rings. The molecule has 5 heteroatoms. The van der Waals surface area contributed by atoms with Gasteiger partial charge in [0.25, 0.3) is 0 Å². The number of rotatable bonds is 5. The van der Waals surface area contributed by atoms with Gasteiger partial charge in [-0.1, -0.05) is 13.8 Å². The Morgan fingerprint density at radius 2 is 2.00 bits per heavy atom. The summed E-state index contributed by atoms with van der Waals surface area (Å²) in [4.78, 5) is 23.1. The van der Waals surface area contributed by atoms with Gasteiger partial charge in [0, 0.05) is 5.92 Å². The van der Waals surface area contributed by atoms with Gasteiger partial charge in [-0.15, -0.1) is 0 Å². The lowest BCUT2D eigenvalue weighted by Gasteiger charge is -2.24. The lowest BCUT2D eigenvalue weighted by Crippen LogP contribution is -2.38. The van der Waals surface area contributed by atoms with E-state index in [-0.39, 0.29) is 11.7 Å². The smallest absolute Gasteiger partial charge is 0.331 e. The Labute approximate surface area is 94.9 Å². The van der Waals surface area contributed by atoms with Gasteiger partial charge in [-0.3, -0.25) is 4.79 Å². The first-order valence-corrected chi connectivity index (χ1v) is 5.74. The highest BCUT2D eigenvalue weighted by Gasteiger charge is 2.37. The second-order valence-electron chi connectivity index (χ2n) is 4.07. The molecule has 1 heterocycles. The molecule has 1 N–H and O–H groups in total. The molecule has 16 heavy (non-hydrogen) atoms. The summed E-state index contributed by atoms with van der Waals surface area (Å²) >= 11 is 0. The fourth-order valence-electron chi connectivity index (χ4n) is 2.09. The van der Waals surface area contributed by atoms with Gasteiger partial charge in [-0.25, -0.2) is 4.79 Å². The van der Waals surface area contributed by atoms with Crippen LogP contribution in [0.1, 0.15) is 33.1 Å². The number of aliphatic carboxylic acids is 1. The van der Waals surface area contributed by atoms with Crippen molar-refractivity contribution in [3.63, 3.8) is 0 Å². The van der Waals surface area contributed by atoms with Crippen LogP contribution in [0.15, 0.2) is 10.2 Å². The van der Waals surface area contributed by atoms with Crippen LogP contribution < -0.4 is 0 Å². The molecule has 0 aromatic heterocycles. The van der Waals surface area contributed by atoms with Crippen LogP contribution in [-0.4, -0.2) is 29.4 Å². The molecule has 0 amide bonds. The van der Waals surface area contributed by atoms with Crippen molar-refractivity contribution in [1.29, 1.82) is 0 Å². The van der Waals surface area contributed by atoms with Crippen LogP contribution in [-0.2, 0) is 9.59 Å². The lowest BCUT2D eigenvalue weighted by atomic mass is 9.82. The van der Waals surface area contributed by atoms with Crippen LogP contribution >= 0.6 is 0 Å². The zero-order valence-electron chi connectivity index (χ0n) is 9.72. The quantitative estimate of drug-likeness (QED) is 0.777. The average Bonchev–Trinajstić information content (AvgIpc) is 2.30. The molecule has 0 aromatic carbocycles. The first-order chi connectivity index (χ1) is 7.61. The molecule has 0 fully saturated rings. The van der Waals surface area contributed by atoms with Crippen molar-refractivity contribution in [3.05, 3.63) is 0 Å². The van der Waals surface area contributed by atoms with E-state index >= 15 is 0 Å². The van der Waals surface area contributed by atoms with Gasteiger partial charge in [-0.05, 0) is 19.3 Å². The number of ketones is 1. The molecule has 0 radical (unpaired) electrons. The number of Topliss-reactive ketones (excluding diaryl/α,β-unsaturated/α-hetero) is 1. The van der Waals surface area contributed by atoms with Gasteiger partial charge in [-0.2, -0.15) is 10.2 Å². The van der Waals surface area contributed by atoms with Crippen LogP contribution in [0.3, 0.4) is 0 Å². The summed E-state index contributed by atoms with van der Waals surface area (Å²) in [5.41, 5.74) is 0. The average molecular weight is 226 g/mol. The molecule has 0 saturated carbocycles. The van der Waals surface area contributed by atoms with E-state index < -0.39 is 17.9 Å². The third-order valence-electron chi connectivity index (χ3n) is 3.13. The zero-order chi connectivity index (χ0) is 12.1. The fraction of sp³-hybridized carbons (Fsp3) is 0.818. The molecular weight excluding hydrogens is 208 g/mol.